The summed E-state index contributed by atoms with van der Waals surface area (Å²) >= 11 is 0. The van der Waals surface area contributed by atoms with Crippen LogP contribution in [0.4, 0.5) is 5.69 Å². The third-order valence-corrected chi connectivity index (χ3v) is 3.14. The quantitative estimate of drug-likeness (QED) is 0.884. The molecule has 0 aliphatic heterocycles. The first-order chi connectivity index (χ1) is 9.40. The fourth-order valence-electron chi connectivity index (χ4n) is 2.05. The van der Waals surface area contributed by atoms with E-state index in [1.165, 1.54) is 0 Å². The van der Waals surface area contributed by atoms with Crippen molar-refractivity contribution in [2.75, 3.05) is 5.32 Å². The molecule has 104 valence electrons. The van der Waals surface area contributed by atoms with Crippen LogP contribution in [0.15, 0.2) is 24.3 Å². The highest BCUT2D eigenvalue weighted by atomic mass is 16.2. The highest BCUT2D eigenvalue weighted by Gasteiger charge is 2.17. The lowest BCUT2D eigenvalue weighted by atomic mass is 10.1. The summed E-state index contributed by atoms with van der Waals surface area (Å²) < 4.78 is 1.66. The average molecular weight is 272 g/mol. The molecule has 0 saturated heterocycles. The lowest BCUT2D eigenvalue weighted by Gasteiger charge is -2.06. The zero-order valence-corrected chi connectivity index (χ0v) is 11.6. The number of aromatic nitrogens is 2. The van der Waals surface area contributed by atoms with E-state index < -0.39 is 5.91 Å². The maximum Gasteiger partial charge on any atom is 0.259 e. The fraction of sp³-hybridized carbons (Fsp3) is 0.214. The molecule has 0 aliphatic rings. The predicted octanol–water partition coefficient (Wildman–Crippen LogP) is 1.39. The SMILES string of the molecule is Cc1nn(C)c(C)c1C(=O)Nc1cccc(C(N)=O)c1. The maximum atomic E-state index is 12.3. The van der Waals surface area contributed by atoms with Crippen LogP contribution in [0.5, 0.6) is 0 Å². The lowest BCUT2D eigenvalue weighted by molar-refractivity contribution is 0.0996. The summed E-state index contributed by atoms with van der Waals surface area (Å²) in [6, 6.07) is 6.50. The van der Waals surface area contributed by atoms with Crippen LogP contribution in [-0.4, -0.2) is 21.6 Å². The fourth-order valence-corrected chi connectivity index (χ4v) is 2.05. The number of amides is 2. The molecule has 0 bridgehead atoms. The summed E-state index contributed by atoms with van der Waals surface area (Å²) in [7, 11) is 1.78. The first-order valence-corrected chi connectivity index (χ1v) is 6.11. The number of carbonyl (C=O) groups excluding carboxylic acids is 2. The molecule has 2 aromatic rings. The third-order valence-electron chi connectivity index (χ3n) is 3.14. The Morgan fingerprint density at radius 3 is 2.55 bits per heavy atom. The van der Waals surface area contributed by atoms with Gasteiger partial charge in [-0.1, -0.05) is 6.07 Å². The third kappa shape index (κ3) is 2.54. The Morgan fingerprint density at radius 2 is 2.00 bits per heavy atom. The van der Waals surface area contributed by atoms with Crippen molar-refractivity contribution in [2.24, 2.45) is 12.8 Å². The summed E-state index contributed by atoms with van der Waals surface area (Å²) in [5, 5.41) is 6.95. The van der Waals surface area contributed by atoms with Crippen LogP contribution < -0.4 is 11.1 Å². The first kappa shape index (κ1) is 13.8. The number of rotatable bonds is 3. The topological polar surface area (TPSA) is 90.0 Å². The Bertz CT molecular complexity index is 688. The molecule has 2 amide bonds. The summed E-state index contributed by atoms with van der Waals surface area (Å²) in [4.78, 5) is 23.4. The van der Waals surface area contributed by atoms with Crippen molar-refractivity contribution in [3.8, 4) is 0 Å². The van der Waals surface area contributed by atoms with E-state index in [4.69, 9.17) is 5.73 Å². The summed E-state index contributed by atoms with van der Waals surface area (Å²) in [5.74, 6) is -0.787. The Kier molecular flexibility index (Phi) is 3.56. The van der Waals surface area contributed by atoms with Crippen LogP contribution in [0.3, 0.4) is 0 Å². The number of benzene rings is 1. The molecule has 6 heteroatoms. The van der Waals surface area contributed by atoms with E-state index in [9.17, 15) is 9.59 Å². The van der Waals surface area contributed by atoms with Gasteiger partial charge in [0.15, 0.2) is 0 Å². The largest absolute Gasteiger partial charge is 0.366 e. The highest BCUT2D eigenvalue weighted by molar-refractivity contribution is 6.06. The van der Waals surface area contributed by atoms with E-state index in [1.54, 1.807) is 42.9 Å². The minimum absolute atomic E-state index is 0.255. The molecule has 0 radical (unpaired) electrons. The van der Waals surface area contributed by atoms with Crippen molar-refractivity contribution >= 4 is 17.5 Å². The molecule has 20 heavy (non-hydrogen) atoms. The molecule has 1 aromatic carbocycles. The smallest absolute Gasteiger partial charge is 0.259 e. The second-order valence-corrected chi connectivity index (χ2v) is 4.57. The van der Waals surface area contributed by atoms with Crippen molar-refractivity contribution < 1.29 is 9.59 Å². The van der Waals surface area contributed by atoms with Gasteiger partial charge >= 0.3 is 0 Å². The molecule has 2 rings (SSSR count). The number of nitrogens with zero attached hydrogens (tertiary/aromatic N) is 2. The molecule has 0 aliphatic carbocycles. The van der Waals surface area contributed by atoms with E-state index in [0.717, 1.165) is 5.69 Å². The van der Waals surface area contributed by atoms with Crippen molar-refractivity contribution in [3.05, 3.63) is 46.8 Å². The van der Waals surface area contributed by atoms with Gasteiger partial charge in [-0.05, 0) is 32.0 Å². The van der Waals surface area contributed by atoms with Crippen LogP contribution in [-0.2, 0) is 7.05 Å². The van der Waals surface area contributed by atoms with E-state index in [1.807, 2.05) is 6.92 Å². The van der Waals surface area contributed by atoms with Crippen molar-refractivity contribution in [3.63, 3.8) is 0 Å². The van der Waals surface area contributed by atoms with Gasteiger partial charge in [0.25, 0.3) is 5.91 Å². The predicted molar refractivity (Wildman–Crippen MR) is 75.6 cm³/mol. The van der Waals surface area contributed by atoms with Crippen molar-refractivity contribution in [1.82, 2.24) is 9.78 Å². The van der Waals surface area contributed by atoms with Crippen LogP contribution in [0, 0.1) is 13.8 Å². The summed E-state index contributed by atoms with van der Waals surface area (Å²) in [6.45, 7) is 3.61. The molecule has 3 N–H and O–H groups in total. The monoisotopic (exact) mass is 272 g/mol. The maximum absolute atomic E-state index is 12.3. The molecule has 0 fully saturated rings. The van der Waals surface area contributed by atoms with Crippen LogP contribution in [0.25, 0.3) is 0 Å². The first-order valence-electron chi connectivity index (χ1n) is 6.11. The zero-order valence-electron chi connectivity index (χ0n) is 11.6. The van der Waals surface area contributed by atoms with E-state index in [2.05, 4.69) is 10.4 Å². The standard InChI is InChI=1S/C14H16N4O2/c1-8-12(9(2)18(3)17-8)14(20)16-11-6-4-5-10(7-11)13(15)19/h4-7H,1-3H3,(H2,15,19)(H,16,20). The van der Waals surface area contributed by atoms with Gasteiger partial charge in [0.1, 0.15) is 0 Å². The second-order valence-electron chi connectivity index (χ2n) is 4.57. The van der Waals surface area contributed by atoms with Gasteiger partial charge in [0.05, 0.1) is 11.3 Å². The van der Waals surface area contributed by atoms with Gasteiger partial charge in [-0.15, -0.1) is 0 Å². The molecular formula is C14H16N4O2. The number of carbonyl (C=O) groups is 2. The molecule has 1 aromatic heterocycles. The van der Waals surface area contributed by atoms with Gasteiger partial charge in [-0.25, -0.2) is 0 Å². The molecule has 1 heterocycles. The lowest BCUT2D eigenvalue weighted by Crippen LogP contribution is -2.15. The minimum atomic E-state index is -0.533. The minimum Gasteiger partial charge on any atom is -0.366 e. The summed E-state index contributed by atoms with van der Waals surface area (Å²) in [5.41, 5.74) is 8.07. The zero-order chi connectivity index (χ0) is 14.9. The molecule has 0 saturated carbocycles. The Balaban J connectivity index is 2.28. The van der Waals surface area contributed by atoms with E-state index in [0.29, 0.717) is 22.5 Å². The van der Waals surface area contributed by atoms with Gasteiger partial charge in [-0.3, -0.25) is 14.3 Å². The van der Waals surface area contributed by atoms with Crippen LogP contribution in [0.2, 0.25) is 0 Å². The number of nitrogens with two attached hydrogens (primary N) is 1. The molecular weight excluding hydrogens is 256 g/mol. The normalized spacial score (nSPS) is 10.3. The Labute approximate surface area is 116 Å². The van der Waals surface area contributed by atoms with Gasteiger partial charge in [0.2, 0.25) is 5.91 Å². The van der Waals surface area contributed by atoms with Crippen LogP contribution >= 0.6 is 0 Å². The number of hydrogen-bond donors (Lipinski definition) is 2. The molecule has 6 nitrogen and oxygen atoms in total. The van der Waals surface area contributed by atoms with Crippen molar-refractivity contribution in [1.29, 1.82) is 0 Å². The highest BCUT2D eigenvalue weighted by Crippen LogP contribution is 2.16. The van der Waals surface area contributed by atoms with E-state index in [-0.39, 0.29) is 5.91 Å². The Hall–Kier alpha value is -2.63. The molecule has 0 unspecified atom stereocenters. The van der Waals surface area contributed by atoms with Gasteiger partial charge in [0, 0.05) is 24.0 Å². The number of primary amides is 1. The molecule has 0 spiro atoms. The number of aryl methyl sites for hydroxylation is 2. The second kappa shape index (κ2) is 5.16. The number of anilines is 1. The van der Waals surface area contributed by atoms with Crippen molar-refractivity contribution in [2.45, 2.75) is 13.8 Å². The number of hydrogen-bond acceptors (Lipinski definition) is 3. The van der Waals surface area contributed by atoms with Gasteiger partial charge in [-0.2, -0.15) is 5.10 Å². The van der Waals surface area contributed by atoms with Gasteiger partial charge < -0.3 is 11.1 Å². The summed E-state index contributed by atoms with van der Waals surface area (Å²) in [6.07, 6.45) is 0. The van der Waals surface area contributed by atoms with E-state index >= 15 is 0 Å². The molecule has 0 atom stereocenters. The average Bonchev–Trinajstić information content (AvgIpc) is 2.63. The number of nitrogens with one attached hydrogen (secondary N) is 1. The van der Waals surface area contributed by atoms with Crippen LogP contribution in [0.1, 0.15) is 32.1 Å². The Morgan fingerprint density at radius 1 is 1.30 bits per heavy atom.